The molecule has 5 rings (SSSR count). The number of carbonyl (C=O) groups is 1. The zero-order valence-electron chi connectivity index (χ0n) is 18.7. The third kappa shape index (κ3) is 4.68. The van der Waals surface area contributed by atoms with Gasteiger partial charge in [0.1, 0.15) is 11.6 Å². The molecule has 8 heteroatoms. The van der Waals surface area contributed by atoms with Gasteiger partial charge in [-0.25, -0.2) is 15.0 Å². The van der Waals surface area contributed by atoms with Gasteiger partial charge in [0.25, 0.3) is 5.91 Å². The number of carbonyl (C=O) groups excluding carboxylic acids is 1. The van der Waals surface area contributed by atoms with Crippen LogP contribution in [0.15, 0.2) is 82.6 Å². The summed E-state index contributed by atoms with van der Waals surface area (Å²) in [6, 6.07) is 21.8. The summed E-state index contributed by atoms with van der Waals surface area (Å²) in [7, 11) is 0. The van der Waals surface area contributed by atoms with Gasteiger partial charge < -0.3 is 11.5 Å². The first kappa shape index (κ1) is 22.2. The highest BCUT2D eigenvalue weighted by Gasteiger charge is 2.43. The number of nitrogen functional groups attached to an aromatic ring is 2. The van der Waals surface area contributed by atoms with Gasteiger partial charge in [0.2, 0.25) is 0 Å². The quantitative estimate of drug-likeness (QED) is 0.418. The van der Waals surface area contributed by atoms with Crippen LogP contribution in [-0.2, 0) is 4.79 Å². The molecule has 2 heterocycles. The summed E-state index contributed by atoms with van der Waals surface area (Å²) < 4.78 is 0. The van der Waals surface area contributed by atoms with Crippen LogP contribution in [0.25, 0.3) is 6.08 Å². The van der Waals surface area contributed by atoms with E-state index >= 15 is 0 Å². The van der Waals surface area contributed by atoms with E-state index in [1.165, 1.54) is 23.4 Å². The van der Waals surface area contributed by atoms with E-state index in [0.717, 1.165) is 36.1 Å². The highest BCUT2D eigenvalue weighted by molar-refractivity contribution is 7.99. The monoisotopic (exact) mass is 470 g/mol. The standard InChI is InChI=1S/C26H26N6OS/c27-21-15-22(28)30-26(29-21)34-16-23(33)32-25(18-10-5-2-6-11-18)20-13-7-12-19(24(20)31-32)14-17-8-3-1-4-9-17/h1-6,8-11,14-15,20,25H,7,12-13,16H2,(H4,27,28,29,30)/b19-14-/t20-,25-/m1/s1. The molecule has 1 saturated carbocycles. The zero-order chi connectivity index (χ0) is 23.5. The van der Waals surface area contributed by atoms with Gasteiger partial charge >= 0.3 is 0 Å². The Bertz CT molecular complexity index is 1220. The van der Waals surface area contributed by atoms with Gasteiger partial charge in [-0.3, -0.25) is 4.79 Å². The van der Waals surface area contributed by atoms with Gasteiger partial charge in [-0.1, -0.05) is 72.4 Å². The van der Waals surface area contributed by atoms with Gasteiger partial charge in [0.05, 0.1) is 17.5 Å². The molecule has 7 nitrogen and oxygen atoms in total. The molecule has 0 unspecified atom stereocenters. The molecule has 0 saturated heterocycles. The molecule has 1 aromatic heterocycles. The summed E-state index contributed by atoms with van der Waals surface area (Å²) in [4.78, 5) is 21.8. The largest absolute Gasteiger partial charge is 0.383 e. The van der Waals surface area contributed by atoms with Crippen molar-refractivity contribution >= 4 is 41.1 Å². The number of thioether (sulfide) groups is 1. The number of nitrogens with zero attached hydrogens (tertiary/aromatic N) is 4. The van der Waals surface area contributed by atoms with Crippen molar-refractivity contribution in [2.75, 3.05) is 17.2 Å². The lowest BCUT2D eigenvalue weighted by Gasteiger charge is -2.29. The Morgan fingerprint density at radius 2 is 1.71 bits per heavy atom. The molecule has 0 radical (unpaired) electrons. The minimum Gasteiger partial charge on any atom is -0.383 e. The van der Waals surface area contributed by atoms with Crippen LogP contribution in [0, 0.1) is 5.92 Å². The average molecular weight is 471 g/mol. The van der Waals surface area contributed by atoms with Crippen molar-refractivity contribution in [3.05, 3.63) is 83.4 Å². The van der Waals surface area contributed by atoms with Gasteiger partial charge in [-0.2, -0.15) is 5.10 Å². The lowest BCUT2D eigenvalue weighted by Crippen LogP contribution is -2.32. The first-order chi connectivity index (χ1) is 16.6. The lowest BCUT2D eigenvalue weighted by molar-refractivity contribution is -0.130. The van der Waals surface area contributed by atoms with E-state index in [2.05, 4.69) is 40.3 Å². The molecule has 1 fully saturated rings. The summed E-state index contributed by atoms with van der Waals surface area (Å²) in [6.45, 7) is 0. The maximum absolute atomic E-state index is 13.4. The van der Waals surface area contributed by atoms with Gasteiger partial charge in [-0.05, 0) is 42.0 Å². The molecule has 0 bridgehead atoms. The van der Waals surface area contributed by atoms with Crippen LogP contribution < -0.4 is 11.5 Å². The number of nitrogens with two attached hydrogens (primary N) is 2. The summed E-state index contributed by atoms with van der Waals surface area (Å²) in [6.07, 6.45) is 5.23. The van der Waals surface area contributed by atoms with Crippen LogP contribution >= 0.6 is 11.8 Å². The number of rotatable bonds is 5. The van der Waals surface area contributed by atoms with Crippen LogP contribution in [0.1, 0.15) is 36.4 Å². The molecule has 2 aliphatic rings. The summed E-state index contributed by atoms with van der Waals surface area (Å²) in [5.41, 5.74) is 16.0. The molecule has 1 aliphatic heterocycles. The van der Waals surface area contributed by atoms with Gasteiger partial charge in [0, 0.05) is 12.0 Å². The number of aromatic nitrogens is 2. The van der Waals surface area contributed by atoms with Gasteiger partial charge in [0.15, 0.2) is 5.16 Å². The van der Waals surface area contributed by atoms with E-state index in [1.807, 2.05) is 36.4 Å². The van der Waals surface area contributed by atoms with E-state index in [0.29, 0.717) is 5.16 Å². The number of amides is 1. The van der Waals surface area contributed by atoms with E-state index in [4.69, 9.17) is 16.6 Å². The van der Waals surface area contributed by atoms with Crippen LogP contribution in [0.5, 0.6) is 0 Å². The SMILES string of the molecule is Nc1cc(N)nc(SCC(=O)N2N=C3/C(=C\c4ccccc4)CCC[C@H]3[C@H]2c2ccccc2)n1. The van der Waals surface area contributed by atoms with Gasteiger partial charge in [-0.15, -0.1) is 0 Å². The third-order valence-corrected chi connectivity index (χ3v) is 6.94. The normalized spacial score (nSPS) is 20.8. The van der Waals surface area contributed by atoms with Crippen molar-refractivity contribution in [1.29, 1.82) is 0 Å². The molecular weight excluding hydrogens is 444 g/mol. The second-order valence-electron chi connectivity index (χ2n) is 8.45. The number of anilines is 2. The van der Waals surface area contributed by atoms with Crippen LogP contribution in [-0.4, -0.2) is 32.3 Å². The highest BCUT2D eigenvalue weighted by atomic mass is 32.2. The number of benzene rings is 2. The summed E-state index contributed by atoms with van der Waals surface area (Å²) in [5.74, 6) is 0.789. The second kappa shape index (κ2) is 9.69. The van der Waals surface area contributed by atoms with E-state index in [9.17, 15) is 4.79 Å². The van der Waals surface area contributed by atoms with E-state index < -0.39 is 0 Å². The Kier molecular flexibility index (Phi) is 6.31. The Morgan fingerprint density at radius 1 is 1.03 bits per heavy atom. The molecule has 1 amide bonds. The number of hydrazone groups is 1. The molecule has 34 heavy (non-hydrogen) atoms. The van der Waals surface area contributed by atoms with Crippen LogP contribution in [0.4, 0.5) is 11.6 Å². The molecule has 1 aliphatic carbocycles. The molecular formula is C26H26N6OS. The summed E-state index contributed by atoms with van der Waals surface area (Å²) in [5, 5.41) is 6.98. The average Bonchev–Trinajstić information content (AvgIpc) is 3.24. The van der Waals surface area contributed by atoms with E-state index in [-0.39, 0.29) is 35.3 Å². The van der Waals surface area contributed by atoms with Crippen LogP contribution in [0.2, 0.25) is 0 Å². The molecule has 4 N–H and O–H groups in total. The Labute approximate surface area is 203 Å². The maximum atomic E-state index is 13.4. The topological polar surface area (TPSA) is 110 Å². The first-order valence-electron chi connectivity index (χ1n) is 11.3. The van der Waals surface area contributed by atoms with Crippen molar-refractivity contribution in [2.24, 2.45) is 11.0 Å². The van der Waals surface area contributed by atoms with Crippen molar-refractivity contribution in [3.8, 4) is 0 Å². The van der Waals surface area contributed by atoms with Crippen molar-refractivity contribution in [1.82, 2.24) is 15.0 Å². The smallest absolute Gasteiger partial charge is 0.253 e. The Balaban J connectivity index is 1.45. The molecule has 2 aromatic carbocycles. The number of allylic oxidation sites excluding steroid dienone is 1. The van der Waals surface area contributed by atoms with Crippen molar-refractivity contribution < 1.29 is 4.79 Å². The van der Waals surface area contributed by atoms with Crippen molar-refractivity contribution in [2.45, 2.75) is 30.5 Å². The number of hydrogen-bond donors (Lipinski definition) is 2. The third-order valence-electron chi connectivity index (χ3n) is 6.11. The summed E-state index contributed by atoms with van der Waals surface area (Å²) >= 11 is 1.22. The molecule has 0 spiro atoms. The minimum absolute atomic E-state index is 0.0931. The lowest BCUT2D eigenvalue weighted by atomic mass is 9.77. The predicted molar refractivity (Wildman–Crippen MR) is 137 cm³/mol. The fourth-order valence-corrected chi connectivity index (χ4v) is 5.38. The van der Waals surface area contributed by atoms with E-state index in [1.54, 1.807) is 5.01 Å². The maximum Gasteiger partial charge on any atom is 0.253 e. The fraction of sp³-hybridized carbons (Fsp3) is 0.231. The number of fused-ring (bicyclic) bond motifs is 1. The van der Waals surface area contributed by atoms with Crippen molar-refractivity contribution in [3.63, 3.8) is 0 Å². The first-order valence-corrected chi connectivity index (χ1v) is 12.3. The highest BCUT2D eigenvalue weighted by Crippen LogP contribution is 2.44. The zero-order valence-corrected chi connectivity index (χ0v) is 19.5. The fourth-order valence-electron chi connectivity index (χ4n) is 4.66. The molecule has 3 aromatic rings. The minimum atomic E-state index is -0.129. The predicted octanol–water partition coefficient (Wildman–Crippen LogP) is 4.56. The van der Waals surface area contributed by atoms with Crippen LogP contribution in [0.3, 0.4) is 0 Å². The molecule has 172 valence electrons. The second-order valence-corrected chi connectivity index (χ2v) is 9.39. The molecule has 2 atom stereocenters. The Hall–Kier alpha value is -3.65. The number of hydrogen-bond acceptors (Lipinski definition) is 7. The Morgan fingerprint density at radius 3 is 2.41 bits per heavy atom.